The fourth-order valence-electron chi connectivity index (χ4n) is 1.88. The number of aliphatic carboxylic acids is 1. The Morgan fingerprint density at radius 1 is 1.53 bits per heavy atom. The van der Waals surface area contributed by atoms with Gasteiger partial charge in [0.2, 0.25) is 0 Å². The molecule has 0 fully saturated rings. The van der Waals surface area contributed by atoms with Gasteiger partial charge >= 0.3 is 5.97 Å². The lowest BCUT2D eigenvalue weighted by molar-refractivity contribution is -0.145. The van der Waals surface area contributed by atoms with Crippen molar-refractivity contribution < 1.29 is 9.90 Å². The van der Waals surface area contributed by atoms with E-state index in [1.807, 2.05) is 0 Å². The van der Waals surface area contributed by atoms with E-state index in [9.17, 15) is 9.90 Å². The van der Waals surface area contributed by atoms with Crippen molar-refractivity contribution in [2.45, 2.75) is 18.9 Å². The summed E-state index contributed by atoms with van der Waals surface area (Å²) < 4.78 is 0.890. The van der Waals surface area contributed by atoms with Crippen LogP contribution in [0.1, 0.15) is 18.9 Å². The van der Waals surface area contributed by atoms with E-state index in [1.165, 1.54) is 0 Å². The summed E-state index contributed by atoms with van der Waals surface area (Å²) in [6.45, 7) is 2.32. The highest BCUT2D eigenvalue weighted by molar-refractivity contribution is 9.10. The van der Waals surface area contributed by atoms with Gasteiger partial charge in [-0.1, -0.05) is 40.1 Å². The molecule has 0 spiro atoms. The summed E-state index contributed by atoms with van der Waals surface area (Å²) in [6, 6.07) is 7.14. The molecule has 0 aliphatic rings. The predicted octanol–water partition coefficient (Wildman–Crippen LogP) is 3.04. The molecule has 1 aromatic carbocycles. The van der Waals surface area contributed by atoms with Crippen LogP contribution in [0.3, 0.4) is 0 Å². The SMILES string of the molecule is CCC(NCCN=[N+]=[N-])(C(=O)O)c1ccc(Br)cc1. The van der Waals surface area contributed by atoms with E-state index in [-0.39, 0.29) is 6.54 Å². The average molecular weight is 327 g/mol. The highest BCUT2D eigenvalue weighted by atomic mass is 79.9. The van der Waals surface area contributed by atoms with Gasteiger partial charge in [0.05, 0.1) is 0 Å². The number of halogens is 1. The van der Waals surface area contributed by atoms with Crippen LogP contribution in [0.5, 0.6) is 0 Å². The molecule has 102 valence electrons. The van der Waals surface area contributed by atoms with E-state index >= 15 is 0 Å². The molecule has 0 aliphatic heterocycles. The smallest absolute Gasteiger partial charge is 0.328 e. The maximum absolute atomic E-state index is 11.6. The third kappa shape index (κ3) is 3.70. The van der Waals surface area contributed by atoms with Gasteiger partial charge in [-0.2, -0.15) is 0 Å². The van der Waals surface area contributed by atoms with Crippen LogP contribution in [0.15, 0.2) is 33.9 Å². The molecular formula is C12H15BrN4O2. The molecular weight excluding hydrogens is 312 g/mol. The molecule has 2 N–H and O–H groups in total. The highest BCUT2D eigenvalue weighted by Crippen LogP contribution is 2.26. The number of hydrogen-bond acceptors (Lipinski definition) is 3. The van der Waals surface area contributed by atoms with Gasteiger partial charge in [-0.15, -0.1) is 0 Å². The minimum absolute atomic E-state index is 0.210. The summed E-state index contributed by atoms with van der Waals surface area (Å²) >= 11 is 3.32. The molecule has 6 nitrogen and oxygen atoms in total. The first-order valence-corrected chi connectivity index (χ1v) is 6.61. The number of nitrogens with zero attached hydrogens (tertiary/aromatic N) is 3. The fraction of sp³-hybridized carbons (Fsp3) is 0.417. The molecule has 1 atom stereocenters. The first-order valence-electron chi connectivity index (χ1n) is 5.82. The largest absolute Gasteiger partial charge is 0.480 e. The third-order valence-electron chi connectivity index (χ3n) is 2.93. The molecule has 0 radical (unpaired) electrons. The van der Waals surface area contributed by atoms with Crippen molar-refractivity contribution in [2.24, 2.45) is 5.11 Å². The molecule has 1 rings (SSSR count). The Bertz CT molecular complexity index is 485. The van der Waals surface area contributed by atoms with Gasteiger partial charge in [-0.25, -0.2) is 4.79 Å². The standard InChI is InChI=1S/C12H15BrN4O2/c1-2-12(11(18)19,15-7-8-16-17-14)9-3-5-10(13)6-4-9/h3-6,15H,2,7-8H2,1H3,(H,18,19). The Morgan fingerprint density at radius 3 is 2.63 bits per heavy atom. The first kappa shape index (κ1) is 15.5. The lowest BCUT2D eigenvalue weighted by Crippen LogP contribution is -2.49. The van der Waals surface area contributed by atoms with Crippen molar-refractivity contribution in [1.29, 1.82) is 0 Å². The number of rotatable bonds is 7. The Kier molecular flexibility index (Phi) is 5.82. The van der Waals surface area contributed by atoms with Crippen LogP contribution in [0.4, 0.5) is 0 Å². The summed E-state index contributed by atoms with van der Waals surface area (Å²) in [6.07, 6.45) is 0.389. The number of hydrogen-bond donors (Lipinski definition) is 2. The van der Waals surface area contributed by atoms with Crippen molar-refractivity contribution >= 4 is 21.9 Å². The molecule has 0 saturated heterocycles. The summed E-state index contributed by atoms with van der Waals surface area (Å²) in [5, 5.41) is 15.9. The molecule has 0 saturated carbocycles. The zero-order chi connectivity index (χ0) is 14.3. The van der Waals surface area contributed by atoms with Crippen LogP contribution in [-0.4, -0.2) is 24.2 Å². The number of azide groups is 1. The van der Waals surface area contributed by atoms with Crippen LogP contribution in [0.25, 0.3) is 10.4 Å². The van der Waals surface area contributed by atoms with Crippen molar-refractivity contribution in [1.82, 2.24) is 5.32 Å². The second-order valence-electron chi connectivity index (χ2n) is 3.95. The van der Waals surface area contributed by atoms with Gasteiger partial charge in [-0.3, -0.25) is 5.32 Å². The van der Waals surface area contributed by atoms with E-state index in [0.717, 1.165) is 4.47 Å². The number of carboxylic acids is 1. The predicted molar refractivity (Wildman–Crippen MR) is 75.8 cm³/mol. The van der Waals surface area contributed by atoms with Gasteiger partial charge < -0.3 is 5.11 Å². The third-order valence-corrected chi connectivity index (χ3v) is 3.46. The van der Waals surface area contributed by atoms with Crippen LogP contribution >= 0.6 is 15.9 Å². The number of carboxylic acid groups (broad SMARTS) is 1. The quantitative estimate of drug-likeness (QED) is 0.348. The van der Waals surface area contributed by atoms with Crippen LogP contribution in [0, 0.1) is 0 Å². The maximum atomic E-state index is 11.6. The van der Waals surface area contributed by atoms with Crippen LogP contribution in [0.2, 0.25) is 0 Å². The number of benzene rings is 1. The van der Waals surface area contributed by atoms with E-state index in [0.29, 0.717) is 18.5 Å². The molecule has 19 heavy (non-hydrogen) atoms. The zero-order valence-electron chi connectivity index (χ0n) is 10.5. The van der Waals surface area contributed by atoms with Crippen LogP contribution < -0.4 is 5.32 Å². The Labute approximate surface area is 119 Å². The van der Waals surface area contributed by atoms with Gasteiger partial charge in [0.1, 0.15) is 5.54 Å². The monoisotopic (exact) mass is 326 g/mol. The van der Waals surface area contributed by atoms with Gasteiger partial charge in [0, 0.05) is 22.5 Å². The molecule has 0 heterocycles. The van der Waals surface area contributed by atoms with E-state index in [2.05, 4.69) is 31.3 Å². The fourth-order valence-corrected chi connectivity index (χ4v) is 2.14. The summed E-state index contributed by atoms with van der Waals surface area (Å²) in [4.78, 5) is 14.3. The molecule has 1 aromatic rings. The van der Waals surface area contributed by atoms with Gasteiger partial charge in [0.25, 0.3) is 0 Å². The second-order valence-corrected chi connectivity index (χ2v) is 4.87. The Morgan fingerprint density at radius 2 is 2.16 bits per heavy atom. The first-order chi connectivity index (χ1) is 9.06. The molecule has 1 unspecified atom stereocenters. The summed E-state index contributed by atoms with van der Waals surface area (Å²) in [7, 11) is 0. The normalized spacial score (nSPS) is 13.4. The Hall–Kier alpha value is -1.56. The summed E-state index contributed by atoms with van der Waals surface area (Å²) in [5.41, 5.74) is 7.73. The minimum Gasteiger partial charge on any atom is -0.480 e. The molecule has 0 aromatic heterocycles. The average Bonchev–Trinajstić information content (AvgIpc) is 2.40. The Balaban J connectivity index is 3.01. The molecule has 7 heteroatoms. The lowest BCUT2D eigenvalue weighted by Gasteiger charge is -2.30. The number of carbonyl (C=O) groups is 1. The number of nitrogens with one attached hydrogen (secondary N) is 1. The highest BCUT2D eigenvalue weighted by Gasteiger charge is 2.37. The van der Waals surface area contributed by atoms with E-state index in [1.54, 1.807) is 31.2 Å². The second kappa shape index (κ2) is 7.13. The molecule has 0 aliphatic carbocycles. The minimum atomic E-state index is -1.16. The van der Waals surface area contributed by atoms with Crippen molar-refractivity contribution in [3.05, 3.63) is 44.7 Å². The van der Waals surface area contributed by atoms with E-state index in [4.69, 9.17) is 5.53 Å². The zero-order valence-corrected chi connectivity index (χ0v) is 12.1. The topological polar surface area (TPSA) is 98.1 Å². The van der Waals surface area contributed by atoms with Gasteiger partial charge in [-0.05, 0) is 29.6 Å². The van der Waals surface area contributed by atoms with Crippen molar-refractivity contribution in [3.8, 4) is 0 Å². The van der Waals surface area contributed by atoms with Crippen molar-refractivity contribution in [2.75, 3.05) is 13.1 Å². The summed E-state index contributed by atoms with van der Waals surface area (Å²) in [5.74, 6) is -0.946. The lowest BCUT2D eigenvalue weighted by atomic mass is 9.87. The molecule has 0 bridgehead atoms. The van der Waals surface area contributed by atoms with Gasteiger partial charge in [0.15, 0.2) is 0 Å². The van der Waals surface area contributed by atoms with Crippen molar-refractivity contribution in [3.63, 3.8) is 0 Å². The van der Waals surface area contributed by atoms with Crippen LogP contribution in [-0.2, 0) is 10.3 Å². The maximum Gasteiger partial charge on any atom is 0.328 e. The van der Waals surface area contributed by atoms with E-state index < -0.39 is 11.5 Å². The molecule has 0 amide bonds.